The highest BCUT2D eigenvalue weighted by Gasteiger charge is 2.18. The summed E-state index contributed by atoms with van der Waals surface area (Å²) in [5.74, 6) is 1.41. The molecule has 5 heteroatoms. The maximum absolute atomic E-state index is 6.23. The lowest BCUT2D eigenvalue weighted by molar-refractivity contribution is 0.342. The Bertz CT molecular complexity index is 662. The third-order valence-corrected chi connectivity index (χ3v) is 4.96. The van der Waals surface area contributed by atoms with Gasteiger partial charge in [-0.2, -0.15) is 0 Å². The second-order valence-corrected chi connectivity index (χ2v) is 6.29. The van der Waals surface area contributed by atoms with Gasteiger partial charge in [-0.05, 0) is 43.5 Å². The number of nitrogens with zero attached hydrogens (tertiary/aromatic N) is 1. The van der Waals surface area contributed by atoms with Crippen molar-refractivity contribution in [1.29, 1.82) is 0 Å². The zero-order chi connectivity index (χ0) is 14.8. The lowest BCUT2D eigenvalue weighted by Crippen LogP contribution is -2.34. The largest absolute Gasteiger partial charge is 0.454 e. The molecule has 0 aliphatic carbocycles. The number of furan rings is 1. The summed E-state index contributed by atoms with van der Waals surface area (Å²) in [7, 11) is 0. The summed E-state index contributed by atoms with van der Waals surface area (Å²) in [5.41, 5.74) is 0.789. The summed E-state index contributed by atoms with van der Waals surface area (Å²) in [6, 6.07) is 9.30. The number of halogens is 2. The molecule has 0 amide bonds. The first-order valence-corrected chi connectivity index (χ1v) is 8.17. The zero-order valence-electron chi connectivity index (χ0n) is 11.4. The van der Waals surface area contributed by atoms with Crippen LogP contribution in [0.4, 0.5) is 0 Å². The second kappa shape index (κ2) is 6.39. The van der Waals surface area contributed by atoms with E-state index in [9.17, 15) is 0 Å². The molecule has 1 aliphatic rings. The molecule has 0 bridgehead atoms. The Kier molecular flexibility index (Phi) is 4.53. The van der Waals surface area contributed by atoms with Crippen LogP contribution in [0.5, 0.6) is 0 Å². The minimum Gasteiger partial charge on any atom is -0.454 e. The summed E-state index contributed by atoms with van der Waals surface area (Å²) < 4.78 is 5.89. The van der Waals surface area contributed by atoms with Gasteiger partial charge in [0, 0.05) is 18.7 Å². The van der Waals surface area contributed by atoms with Gasteiger partial charge < -0.3 is 9.32 Å². The van der Waals surface area contributed by atoms with Crippen LogP contribution >= 0.6 is 35.4 Å². The highest BCUT2D eigenvalue weighted by atomic mass is 35.5. The van der Waals surface area contributed by atoms with Crippen molar-refractivity contribution < 1.29 is 4.42 Å². The van der Waals surface area contributed by atoms with Gasteiger partial charge in [-0.3, -0.25) is 0 Å². The van der Waals surface area contributed by atoms with Gasteiger partial charge in [-0.1, -0.05) is 41.5 Å². The molecular formula is C16H15Cl2NOS. The van der Waals surface area contributed by atoms with Gasteiger partial charge in [-0.25, -0.2) is 0 Å². The fourth-order valence-corrected chi connectivity index (χ4v) is 3.23. The average Bonchev–Trinajstić information content (AvgIpc) is 3.00. The Balaban J connectivity index is 1.86. The van der Waals surface area contributed by atoms with Crippen molar-refractivity contribution >= 4 is 40.4 Å². The van der Waals surface area contributed by atoms with Crippen LogP contribution < -0.4 is 0 Å². The molecule has 110 valence electrons. The molecule has 21 heavy (non-hydrogen) atoms. The summed E-state index contributed by atoms with van der Waals surface area (Å²) in [6.45, 7) is 2.01. The quantitative estimate of drug-likeness (QED) is 0.680. The molecular weight excluding hydrogens is 325 g/mol. The second-order valence-electron chi connectivity index (χ2n) is 5.12. The molecule has 0 radical (unpaired) electrons. The van der Waals surface area contributed by atoms with Crippen LogP contribution in [0.2, 0.25) is 10.0 Å². The Morgan fingerprint density at radius 3 is 2.57 bits per heavy atom. The van der Waals surface area contributed by atoms with Crippen LogP contribution in [0.3, 0.4) is 0 Å². The van der Waals surface area contributed by atoms with Crippen molar-refractivity contribution in [2.45, 2.75) is 19.3 Å². The summed E-state index contributed by atoms with van der Waals surface area (Å²) >= 11 is 17.8. The lowest BCUT2D eigenvalue weighted by Gasteiger charge is -2.27. The molecule has 1 saturated heterocycles. The normalized spacial score (nSPS) is 15.2. The van der Waals surface area contributed by atoms with Gasteiger partial charge in [0.1, 0.15) is 10.7 Å². The van der Waals surface area contributed by atoms with E-state index in [1.54, 1.807) is 6.07 Å². The van der Waals surface area contributed by atoms with Gasteiger partial charge in [-0.15, -0.1) is 0 Å². The minimum atomic E-state index is 0.504. The fraction of sp³-hybridized carbons (Fsp3) is 0.312. The molecule has 0 unspecified atom stereocenters. The maximum atomic E-state index is 6.23. The van der Waals surface area contributed by atoms with E-state index in [1.807, 2.05) is 24.3 Å². The van der Waals surface area contributed by atoms with Crippen molar-refractivity contribution in [2.24, 2.45) is 0 Å². The zero-order valence-corrected chi connectivity index (χ0v) is 13.8. The van der Waals surface area contributed by atoms with Crippen LogP contribution in [0.1, 0.15) is 25.0 Å². The third-order valence-electron chi connectivity index (χ3n) is 3.68. The van der Waals surface area contributed by atoms with E-state index in [0.29, 0.717) is 15.8 Å². The van der Waals surface area contributed by atoms with E-state index in [1.165, 1.54) is 19.3 Å². The summed E-state index contributed by atoms with van der Waals surface area (Å²) in [5, 5.41) is 1.02. The maximum Gasteiger partial charge on any atom is 0.162 e. The van der Waals surface area contributed by atoms with Gasteiger partial charge in [0.2, 0.25) is 0 Å². The van der Waals surface area contributed by atoms with E-state index in [0.717, 1.165) is 29.4 Å². The molecule has 1 fully saturated rings. The molecule has 1 aromatic carbocycles. The van der Waals surface area contributed by atoms with Crippen LogP contribution in [-0.4, -0.2) is 23.0 Å². The Morgan fingerprint density at radius 2 is 1.81 bits per heavy atom. The highest BCUT2D eigenvalue weighted by Crippen LogP contribution is 2.34. The van der Waals surface area contributed by atoms with E-state index in [2.05, 4.69) is 4.90 Å². The van der Waals surface area contributed by atoms with Crippen LogP contribution in [0.15, 0.2) is 34.7 Å². The number of rotatable bonds is 2. The van der Waals surface area contributed by atoms with E-state index in [4.69, 9.17) is 39.8 Å². The molecule has 1 aromatic heterocycles. The van der Waals surface area contributed by atoms with Crippen LogP contribution in [0.25, 0.3) is 11.3 Å². The molecule has 1 aliphatic heterocycles. The van der Waals surface area contributed by atoms with Crippen molar-refractivity contribution in [3.05, 3.63) is 46.1 Å². The van der Waals surface area contributed by atoms with Crippen molar-refractivity contribution in [1.82, 2.24) is 4.90 Å². The van der Waals surface area contributed by atoms with E-state index < -0.39 is 0 Å². The predicted molar refractivity (Wildman–Crippen MR) is 91.3 cm³/mol. The SMILES string of the molecule is S=C(c1ccc(-c2cccc(Cl)c2Cl)o1)N1CCCCC1. The van der Waals surface area contributed by atoms with Crippen molar-refractivity contribution in [3.63, 3.8) is 0 Å². The monoisotopic (exact) mass is 339 g/mol. The van der Waals surface area contributed by atoms with Crippen LogP contribution in [0, 0.1) is 0 Å². The number of benzene rings is 1. The third kappa shape index (κ3) is 3.10. The highest BCUT2D eigenvalue weighted by molar-refractivity contribution is 7.80. The number of likely N-dealkylation sites (tertiary alicyclic amines) is 1. The topological polar surface area (TPSA) is 16.4 Å². The molecule has 0 saturated carbocycles. The standard InChI is InChI=1S/C16H15Cl2NOS/c17-12-6-4-5-11(15(12)18)13-7-8-14(20-13)16(21)19-9-2-1-3-10-19/h4-8H,1-3,9-10H2. The average molecular weight is 340 g/mol. The number of thiocarbonyl (C=S) groups is 1. The first-order valence-electron chi connectivity index (χ1n) is 7.00. The Labute approximate surface area is 139 Å². The van der Waals surface area contributed by atoms with E-state index in [-0.39, 0.29) is 0 Å². The molecule has 0 atom stereocenters. The smallest absolute Gasteiger partial charge is 0.162 e. The Morgan fingerprint density at radius 1 is 1.05 bits per heavy atom. The number of hydrogen-bond acceptors (Lipinski definition) is 2. The summed E-state index contributed by atoms with van der Waals surface area (Å²) in [6.07, 6.45) is 3.66. The van der Waals surface area contributed by atoms with Gasteiger partial charge >= 0.3 is 0 Å². The van der Waals surface area contributed by atoms with Crippen LogP contribution in [-0.2, 0) is 0 Å². The van der Waals surface area contributed by atoms with Gasteiger partial charge in [0.25, 0.3) is 0 Å². The first kappa shape index (κ1) is 14.9. The molecule has 0 N–H and O–H groups in total. The minimum absolute atomic E-state index is 0.504. The van der Waals surface area contributed by atoms with Crippen molar-refractivity contribution in [2.75, 3.05) is 13.1 Å². The Hall–Kier alpha value is -1.03. The predicted octanol–water partition coefficient (Wildman–Crippen LogP) is 5.41. The number of hydrogen-bond donors (Lipinski definition) is 0. The number of piperidine rings is 1. The molecule has 2 aromatic rings. The van der Waals surface area contributed by atoms with Crippen molar-refractivity contribution in [3.8, 4) is 11.3 Å². The van der Waals surface area contributed by atoms with Gasteiger partial charge in [0.15, 0.2) is 5.76 Å². The molecule has 2 nitrogen and oxygen atoms in total. The first-order chi connectivity index (χ1) is 10.2. The molecule has 0 spiro atoms. The molecule has 3 rings (SSSR count). The summed E-state index contributed by atoms with van der Waals surface area (Å²) in [4.78, 5) is 2.99. The lowest BCUT2D eigenvalue weighted by atomic mass is 10.1. The van der Waals surface area contributed by atoms with E-state index >= 15 is 0 Å². The van der Waals surface area contributed by atoms with Gasteiger partial charge in [0.05, 0.1) is 10.0 Å². The molecule has 2 heterocycles. The fourth-order valence-electron chi connectivity index (χ4n) is 2.54.